The minimum atomic E-state index is -0.598. The average Bonchev–Trinajstić information content (AvgIpc) is 2.32. The Bertz CT molecular complexity index is 583. The predicted octanol–water partition coefficient (Wildman–Crippen LogP) is 3.41. The second-order valence-electron chi connectivity index (χ2n) is 3.62. The molecule has 2 aromatic rings. The fourth-order valence-electron chi connectivity index (χ4n) is 1.53. The monoisotopic (exact) mass is 249 g/mol. The zero-order valence-corrected chi connectivity index (χ0v) is 9.83. The van der Waals surface area contributed by atoms with Crippen molar-refractivity contribution in [2.75, 3.05) is 0 Å². The van der Waals surface area contributed by atoms with Crippen molar-refractivity contribution >= 4 is 17.4 Å². The summed E-state index contributed by atoms with van der Waals surface area (Å²) in [6.07, 6.45) is 3.05. The number of nitrogens with zero attached hydrogens (tertiary/aromatic N) is 1. The summed E-state index contributed by atoms with van der Waals surface area (Å²) in [6.45, 7) is 1.79. The van der Waals surface area contributed by atoms with Gasteiger partial charge in [-0.1, -0.05) is 17.7 Å². The van der Waals surface area contributed by atoms with Gasteiger partial charge in [0.2, 0.25) is 0 Å². The number of carbonyl (C=O) groups is 1. The number of ketones is 1. The van der Waals surface area contributed by atoms with Crippen molar-refractivity contribution in [2.45, 2.75) is 6.92 Å². The highest BCUT2D eigenvalue weighted by molar-refractivity contribution is 6.35. The quantitative estimate of drug-likeness (QED) is 0.764. The number of hydrogen-bond acceptors (Lipinski definition) is 2. The maximum Gasteiger partial charge on any atom is 0.196 e. The predicted molar refractivity (Wildman–Crippen MR) is 63.8 cm³/mol. The molecule has 0 atom stereocenters. The van der Waals surface area contributed by atoms with E-state index in [0.717, 1.165) is 5.56 Å². The highest BCUT2D eigenvalue weighted by Gasteiger charge is 2.16. The minimum Gasteiger partial charge on any atom is -0.288 e. The second-order valence-corrected chi connectivity index (χ2v) is 4.00. The van der Waals surface area contributed by atoms with Gasteiger partial charge in [-0.15, -0.1) is 0 Å². The Morgan fingerprint density at radius 2 is 2.06 bits per heavy atom. The molecule has 0 aliphatic carbocycles. The van der Waals surface area contributed by atoms with E-state index in [1.807, 2.05) is 0 Å². The van der Waals surface area contributed by atoms with Crippen molar-refractivity contribution in [2.24, 2.45) is 0 Å². The van der Waals surface area contributed by atoms with Gasteiger partial charge in [-0.25, -0.2) is 4.39 Å². The smallest absolute Gasteiger partial charge is 0.196 e. The van der Waals surface area contributed by atoms with Gasteiger partial charge >= 0.3 is 0 Å². The van der Waals surface area contributed by atoms with Crippen LogP contribution in [0.15, 0.2) is 36.7 Å². The summed E-state index contributed by atoms with van der Waals surface area (Å²) in [5, 5.41) is -0.152. The zero-order chi connectivity index (χ0) is 12.4. The number of hydrogen-bond donors (Lipinski definition) is 0. The van der Waals surface area contributed by atoms with Crippen LogP contribution in [0.1, 0.15) is 21.5 Å². The molecule has 2 rings (SSSR count). The van der Waals surface area contributed by atoms with Crippen molar-refractivity contribution in [3.8, 4) is 0 Å². The molecule has 0 N–H and O–H groups in total. The van der Waals surface area contributed by atoms with E-state index in [0.29, 0.717) is 5.56 Å². The van der Waals surface area contributed by atoms with Gasteiger partial charge in [0.15, 0.2) is 5.78 Å². The van der Waals surface area contributed by atoms with Crippen LogP contribution < -0.4 is 0 Å². The Hall–Kier alpha value is -1.74. The molecular formula is C13H9ClFNO. The first-order valence-corrected chi connectivity index (χ1v) is 5.38. The molecule has 0 saturated carbocycles. The minimum absolute atomic E-state index is 0.152. The van der Waals surface area contributed by atoms with E-state index >= 15 is 0 Å². The third kappa shape index (κ3) is 2.19. The number of aromatic nitrogens is 1. The molecule has 0 bridgehead atoms. The third-order valence-electron chi connectivity index (χ3n) is 2.48. The molecule has 1 aromatic carbocycles. The van der Waals surface area contributed by atoms with E-state index in [4.69, 9.17) is 11.6 Å². The van der Waals surface area contributed by atoms with Gasteiger partial charge in [0.05, 0.1) is 5.02 Å². The molecule has 0 radical (unpaired) electrons. The van der Waals surface area contributed by atoms with E-state index in [2.05, 4.69) is 4.98 Å². The molecule has 1 aromatic heterocycles. The lowest BCUT2D eigenvalue weighted by Crippen LogP contribution is -2.05. The number of benzene rings is 1. The molecule has 0 spiro atoms. The van der Waals surface area contributed by atoms with E-state index < -0.39 is 5.82 Å². The third-order valence-corrected chi connectivity index (χ3v) is 2.86. The lowest BCUT2D eigenvalue weighted by atomic mass is 10.0. The summed E-state index contributed by atoms with van der Waals surface area (Å²) >= 11 is 5.77. The van der Waals surface area contributed by atoms with E-state index in [-0.39, 0.29) is 16.4 Å². The van der Waals surface area contributed by atoms with Crippen LogP contribution in [0.3, 0.4) is 0 Å². The Labute approximate surface area is 103 Å². The Balaban J connectivity index is 2.52. The van der Waals surface area contributed by atoms with Crippen molar-refractivity contribution < 1.29 is 9.18 Å². The molecule has 17 heavy (non-hydrogen) atoms. The maximum atomic E-state index is 13.3. The molecule has 1 heterocycles. The van der Waals surface area contributed by atoms with Gasteiger partial charge in [0.1, 0.15) is 5.82 Å². The molecule has 86 valence electrons. The number of pyridine rings is 1. The molecule has 0 aliphatic heterocycles. The Morgan fingerprint density at radius 3 is 2.76 bits per heavy atom. The van der Waals surface area contributed by atoms with Gasteiger partial charge < -0.3 is 0 Å². The Kier molecular flexibility index (Phi) is 3.20. The first-order chi connectivity index (χ1) is 8.11. The fourth-order valence-corrected chi connectivity index (χ4v) is 1.74. The van der Waals surface area contributed by atoms with Gasteiger partial charge in [-0.2, -0.15) is 0 Å². The van der Waals surface area contributed by atoms with E-state index in [9.17, 15) is 9.18 Å². The molecular weight excluding hydrogens is 241 g/mol. The summed E-state index contributed by atoms with van der Waals surface area (Å²) in [5.41, 5.74) is 1.37. The molecule has 0 fully saturated rings. The van der Waals surface area contributed by atoms with Gasteiger partial charge in [-0.3, -0.25) is 9.78 Å². The second kappa shape index (κ2) is 4.63. The fraction of sp³-hybridized carbons (Fsp3) is 0.0769. The normalized spacial score (nSPS) is 10.3. The van der Waals surface area contributed by atoms with Gasteiger partial charge in [0.25, 0.3) is 0 Å². The summed E-state index contributed by atoms with van der Waals surface area (Å²) in [4.78, 5) is 16.0. The molecule has 0 aliphatic rings. The van der Waals surface area contributed by atoms with Crippen LogP contribution in [0.2, 0.25) is 5.02 Å². The van der Waals surface area contributed by atoms with Crippen molar-refractivity contribution in [1.82, 2.24) is 4.98 Å². The average molecular weight is 250 g/mol. The van der Waals surface area contributed by atoms with Crippen LogP contribution in [0.5, 0.6) is 0 Å². The van der Waals surface area contributed by atoms with Crippen molar-refractivity contribution in [3.63, 3.8) is 0 Å². The van der Waals surface area contributed by atoms with Gasteiger partial charge in [0, 0.05) is 23.5 Å². The van der Waals surface area contributed by atoms with Gasteiger partial charge in [-0.05, 0) is 30.7 Å². The van der Waals surface area contributed by atoms with E-state index in [1.54, 1.807) is 19.2 Å². The van der Waals surface area contributed by atoms with Crippen LogP contribution in [0, 0.1) is 12.7 Å². The lowest BCUT2D eigenvalue weighted by molar-refractivity contribution is 0.103. The van der Waals surface area contributed by atoms with Crippen LogP contribution in [0.4, 0.5) is 4.39 Å². The summed E-state index contributed by atoms with van der Waals surface area (Å²) in [6, 6.07) is 5.90. The standard InChI is InChI=1S/C13H9ClFNO/c1-8-5-6-16-7-10(8)13(17)9-3-2-4-11(15)12(9)14/h2-7H,1H3. The summed E-state index contributed by atoms with van der Waals surface area (Å²) in [7, 11) is 0. The van der Waals surface area contributed by atoms with E-state index in [1.165, 1.54) is 24.4 Å². The van der Waals surface area contributed by atoms with Crippen LogP contribution in [-0.2, 0) is 0 Å². The van der Waals surface area contributed by atoms with Crippen molar-refractivity contribution in [1.29, 1.82) is 0 Å². The first kappa shape index (κ1) is 11.7. The molecule has 2 nitrogen and oxygen atoms in total. The number of carbonyl (C=O) groups excluding carboxylic acids is 1. The topological polar surface area (TPSA) is 30.0 Å². The summed E-state index contributed by atoms with van der Waals surface area (Å²) in [5.74, 6) is -0.917. The Morgan fingerprint density at radius 1 is 1.29 bits per heavy atom. The zero-order valence-electron chi connectivity index (χ0n) is 9.08. The molecule has 4 heteroatoms. The van der Waals surface area contributed by atoms with Crippen LogP contribution >= 0.6 is 11.6 Å². The highest BCUT2D eigenvalue weighted by Crippen LogP contribution is 2.23. The van der Waals surface area contributed by atoms with Crippen LogP contribution in [0.25, 0.3) is 0 Å². The number of halogens is 2. The molecule has 0 amide bonds. The lowest BCUT2D eigenvalue weighted by Gasteiger charge is -2.06. The highest BCUT2D eigenvalue weighted by atomic mass is 35.5. The maximum absolute atomic E-state index is 13.3. The molecule has 0 saturated heterocycles. The SMILES string of the molecule is Cc1ccncc1C(=O)c1cccc(F)c1Cl. The molecule has 0 unspecified atom stereocenters. The number of rotatable bonds is 2. The first-order valence-electron chi connectivity index (χ1n) is 5.00. The van der Waals surface area contributed by atoms with Crippen molar-refractivity contribution in [3.05, 3.63) is 64.2 Å². The largest absolute Gasteiger partial charge is 0.288 e. The summed E-state index contributed by atoms with van der Waals surface area (Å²) < 4.78 is 13.3. The number of aryl methyl sites for hydroxylation is 1. The van der Waals surface area contributed by atoms with Crippen LogP contribution in [-0.4, -0.2) is 10.8 Å².